The van der Waals surface area contributed by atoms with Crippen LogP contribution >= 0.6 is 11.6 Å². The van der Waals surface area contributed by atoms with Crippen molar-refractivity contribution >= 4 is 34.2 Å². The summed E-state index contributed by atoms with van der Waals surface area (Å²) >= 11 is 5.59. The highest BCUT2D eigenvalue weighted by atomic mass is 35.5. The molecule has 0 spiro atoms. The molecule has 0 saturated carbocycles. The molecule has 3 aromatic rings. The van der Waals surface area contributed by atoms with E-state index in [2.05, 4.69) is 20.3 Å². The fourth-order valence-corrected chi connectivity index (χ4v) is 1.73. The van der Waals surface area contributed by atoms with Crippen LogP contribution in [0.25, 0.3) is 11.1 Å². The van der Waals surface area contributed by atoms with Crippen LogP contribution < -0.4 is 11.1 Å². The second-order valence-corrected chi connectivity index (χ2v) is 4.02. The Bertz CT molecular complexity index is 814. The van der Waals surface area contributed by atoms with Crippen molar-refractivity contribution in [2.24, 2.45) is 0 Å². The minimum atomic E-state index is -0.634. The van der Waals surface area contributed by atoms with Crippen LogP contribution in [-0.4, -0.2) is 15.0 Å². The Hall–Kier alpha value is -2.41. The van der Waals surface area contributed by atoms with E-state index in [1.807, 2.05) is 0 Å². The van der Waals surface area contributed by atoms with Gasteiger partial charge in [0, 0.05) is 5.69 Å². The van der Waals surface area contributed by atoms with Gasteiger partial charge in [-0.05, 0) is 29.8 Å². The minimum absolute atomic E-state index is 0.0507. The summed E-state index contributed by atoms with van der Waals surface area (Å²) in [6.07, 6.45) is 0.968. The quantitative estimate of drug-likeness (QED) is 0.704. The van der Waals surface area contributed by atoms with Crippen molar-refractivity contribution in [2.45, 2.75) is 0 Å². The second-order valence-electron chi connectivity index (χ2n) is 3.69. The molecule has 0 atom stereocenters. The number of oxazole rings is 1. The summed E-state index contributed by atoms with van der Waals surface area (Å²) in [6.45, 7) is 0. The summed E-state index contributed by atoms with van der Waals surface area (Å²) < 4.78 is 18.3. The highest BCUT2D eigenvalue weighted by molar-refractivity contribution is 6.28. The molecule has 1 aromatic carbocycles. The number of nitrogens with one attached hydrogen (secondary N) is 2. The average Bonchev–Trinajstić information content (AvgIpc) is 2.73. The number of hydrogen-bond acceptors (Lipinski definition) is 5. The molecule has 8 heteroatoms. The van der Waals surface area contributed by atoms with Gasteiger partial charge in [0.05, 0.1) is 11.7 Å². The number of hydrogen-bond donors (Lipinski definition) is 2. The van der Waals surface area contributed by atoms with E-state index in [1.54, 1.807) is 18.2 Å². The Morgan fingerprint density at radius 3 is 3.11 bits per heavy atom. The lowest BCUT2D eigenvalue weighted by Crippen LogP contribution is -1.98. The van der Waals surface area contributed by atoms with Crippen LogP contribution in [0.15, 0.2) is 33.6 Å². The average molecular weight is 281 g/mol. The summed E-state index contributed by atoms with van der Waals surface area (Å²) in [5, 5.41) is 2.67. The number of halogens is 2. The summed E-state index contributed by atoms with van der Waals surface area (Å²) in [5.41, 5.74) is 1.44. The number of H-pyrrole nitrogens is 1. The Balaban J connectivity index is 2.00. The molecule has 0 aliphatic rings. The van der Waals surface area contributed by atoms with Crippen LogP contribution in [0.4, 0.5) is 15.9 Å². The van der Waals surface area contributed by atoms with E-state index in [4.69, 9.17) is 16.0 Å². The van der Waals surface area contributed by atoms with Crippen LogP contribution in [0.1, 0.15) is 0 Å². The SMILES string of the molecule is O=c1[nH]c2cc(Nc3nc(Cl)ncc3F)ccc2o1. The zero-order valence-corrected chi connectivity index (χ0v) is 10.0. The number of aromatic amines is 1. The van der Waals surface area contributed by atoms with Crippen LogP contribution in [0, 0.1) is 5.82 Å². The molecule has 0 aliphatic heterocycles. The van der Waals surface area contributed by atoms with Crippen molar-refractivity contribution in [3.8, 4) is 0 Å². The summed E-state index contributed by atoms with van der Waals surface area (Å²) in [7, 11) is 0. The van der Waals surface area contributed by atoms with Crippen molar-refractivity contribution in [1.29, 1.82) is 0 Å². The van der Waals surface area contributed by atoms with Gasteiger partial charge in [-0.3, -0.25) is 4.98 Å². The van der Waals surface area contributed by atoms with Crippen LogP contribution in [0.2, 0.25) is 5.28 Å². The topological polar surface area (TPSA) is 83.8 Å². The predicted octanol–water partition coefficient (Wildman–Crippen LogP) is 2.45. The van der Waals surface area contributed by atoms with Gasteiger partial charge in [-0.15, -0.1) is 0 Å². The zero-order chi connectivity index (χ0) is 13.4. The van der Waals surface area contributed by atoms with Gasteiger partial charge >= 0.3 is 5.76 Å². The maximum Gasteiger partial charge on any atom is 0.417 e. The number of anilines is 2. The van der Waals surface area contributed by atoms with E-state index in [-0.39, 0.29) is 11.1 Å². The Morgan fingerprint density at radius 2 is 2.26 bits per heavy atom. The van der Waals surface area contributed by atoms with Crippen molar-refractivity contribution in [1.82, 2.24) is 15.0 Å². The maximum atomic E-state index is 13.5. The molecule has 0 amide bonds. The Labute approximate surface area is 110 Å². The second kappa shape index (κ2) is 4.36. The van der Waals surface area contributed by atoms with Crippen molar-refractivity contribution in [3.05, 3.63) is 46.0 Å². The number of nitrogens with zero attached hydrogens (tertiary/aromatic N) is 2. The Morgan fingerprint density at radius 1 is 1.42 bits per heavy atom. The fourth-order valence-electron chi connectivity index (χ4n) is 1.60. The maximum absolute atomic E-state index is 13.5. The molecule has 3 rings (SSSR count). The molecule has 0 bridgehead atoms. The first kappa shape index (κ1) is 11.7. The molecule has 19 heavy (non-hydrogen) atoms. The lowest BCUT2D eigenvalue weighted by molar-refractivity contribution is 0.555. The largest absolute Gasteiger partial charge is 0.417 e. The van der Waals surface area contributed by atoms with E-state index < -0.39 is 11.6 Å². The number of rotatable bonds is 2. The third-order valence-electron chi connectivity index (χ3n) is 2.40. The van der Waals surface area contributed by atoms with Gasteiger partial charge in [0.15, 0.2) is 17.2 Å². The van der Waals surface area contributed by atoms with Gasteiger partial charge in [-0.2, -0.15) is 4.98 Å². The normalized spacial score (nSPS) is 10.8. The molecule has 6 nitrogen and oxygen atoms in total. The van der Waals surface area contributed by atoms with E-state index in [0.717, 1.165) is 6.20 Å². The highest BCUT2D eigenvalue weighted by Crippen LogP contribution is 2.21. The lowest BCUT2D eigenvalue weighted by atomic mass is 10.3. The number of benzene rings is 1. The smallest absolute Gasteiger partial charge is 0.408 e. The molecule has 0 unspecified atom stereocenters. The molecule has 2 N–H and O–H groups in total. The van der Waals surface area contributed by atoms with Gasteiger partial charge in [0.1, 0.15) is 0 Å². The Kier molecular flexibility index (Phi) is 2.68. The molecule has 2 aromatic heterocycles. The first-order valence-corrected chi connectivity index (χ1v) is 5.57. The van der Waals surface area contributed by atoms with E-state index in [1.165, 1.54) is 0 Å². The summed E-state index contributed by atoms with van der Waals surface area (Å²) in [5.74, 6) is -1.24. The summed E-state index contributed by atoms with van der Waals surface area (Å²) in [4.78, 5) is 20.7. The third-order valence-corrected chi connectivity index (χ3v) is 2.58. The third kappa shape index (κ3) is 2.27. The molecule has 96 valence electrons. The van der Waals surface area contributed by atoms with Crippen molar-refractivity contribution < 1.29 is 8.81 Å². The molecule has 0 saturated heterocycles. The van der Waals surface area contributed by atoms with E-state index >= 15 is 0 Å². The molecular formula is C11H6ClFN4O2. The van der Waals surface area contributed by atoms with Crippen molar-refractivity contribution in [2.75, 3.05) is 5.32 Å². The number of fused-ring (bicyclic) bond motifs is 1. The fraction of sp³-hybridized carbons (Fsp3) is 0. The van der Waals surface area contributed by atoms with Gasteiger partial charge in [-0.1, -0.05) is 0 Å². The summed E-state index contributed by atoms with van der Waals surface area (Å²) in [6, 6.07) is 4.79. The van der Waals surface area contributed by atoms with Gasteiger partial charge in [0.25, 0.3) is 0 Å². The number of aromatic nitrogens is 3. The molecular weight excluding hydrogens is 275 g/mol. The minimum Gasteiger partial charge on any atom is -0.408 e. The molecule has 0 radical (unpaired) electrons. The first-order chi connectivity index (χ1) is 9.11. The monoisotopic (exact) mass is 280 g/mol. The van der Waals surface area contributed by atoms with Gasteiger partial charge < -0.3 is 9.73 Å². The molecule has 0 aliphatic carbocycles. The zero-order valence-electron chi connectivity index (χ0n) is 9.28. The van der Waals surface area contributed by atoms with Crippen LogP contribution in [0.5, 0.6) is 0 Å². The van der Waals surface area contributed by atoms with E-state index in [9.17, 15) is 9.18 Å². The van der Waals surface area contributed by atoms with Crippen LogP contribution in [-0.2, 0) is 0 Å². The van der Waals surface area contributed by atoms with Gasteiger partial charge in [-0.25, -0.2) is 14.2 Å². The molecule has 2 heterocycles. The molecule has 0 fully saturated rings. The van der Waals surface area contributed by atoms with Crippen LogP contribution in [0.3, 0.4) is 0 Å². The predicted molar refractivity (Wildman–Crippen MR) is 67.1 cm³/mol. The van der Waals surface area contributed by atoms with E-state index in [0.29, 0.717) is 16.8 Å². The standard InChI is InChI=1S/C11H6ClFN4O2/c12-10-14-4-6(13)9(17-10)15-5-1-2-8-7(3-5)16-11(18)19-8/h1-4H,(H,16,18)(H,14,15,17). The highest BCUT2D eigenvalue weighted by Gasteiger charge is 2.07. The van der Waals surface area contributed by atoms with Crippen molar-refractivity contribution in [3.63, 3.8) is 0 Å². The lowest BCUT2D eigenvalue weighted by Gasteiger charge is -2.06. The van der Waals surface area contributed by atoms with Gasteiger partial charge in [0.2, 0.25) is 5.28 Å². The first-order valence-electron chi connectivity index (χ1n) is 5.20.